The number of hydrogen-bond acceptors (Lipinski definition) is 4. The van der Waals surface area contributed by atoms with Crippen LogP contribution >= 0.6 is 11.6 Å². The van der Waals surface area contributed by atoms with Gasteiger partial charge in [-0.05, 0) is 37.5 Å². The minimum absolute atomic E-state index is 0.0133. The van der Waals surface area contributed by atoms with Crippen molar-refractivity contribution >= 4 is 17.5 Å². The third kappa shape index (κ3) is 2.83. The van der Waals surface area contributed by atoms with E-state index in [4.69, 9.17) is 16.1 Å². The largest absolute Gasteiger partial charge is 0.339 e. The molecule has 1 aliphatic carbocycles. The van der Waals surface area contributed by atoms with E-state index in [0.29, 0.717) is 30.5 Å². The molecule has 0 bridgehead atoms. The van der Waals surface area contributed by atoms with Gasteiger partial charge >= 0.3 is 0 Å². The normalized spacial score (nSPS) is 21.0. The maximum absolute atomic E-state index is 13.5. The molecule has 2 aromatic rings. The van der Waals surface area contributed by atoms with E-state index in [-0.39, 0.29) is 16.8 Å². The average molecular weight is 336 g/mol. The first-order valence-corrected chi connectivity index (χ1v) is 8.07. The van der Waals surface area contributed by atoms with Crippen molar-refractivity contribution in [2.45, 2.75) is 31.1 Å². The van der Waals surface area contributed by atoms with Crippen LogP contribution in [0.1, 0.15) is 53.2 Å². The standard InChI is InChI=1S/C16H15ClFN3O2/c17-12-4-3-10(7-13(12)18)16(22)21-6-5-11(8-21)15-19-14(20-23-15)9-1-2-9/h3-4,7,9,11H,1-2,5-6,8H2/t11-/m0/s1. The van der Waals surface area contributed by atoms with Gasteiger partial charge in [0.2, 0.25) is 5.89 Å². The van der Waals surface area contributed by atoms with E-state index in [1.807, 2.05) is 0 Å². The number of likely N-dealkylation sites (tertiary alicyclic amines) is 1. The van der Waals surface area contributed by atoms with Crippen LogP contribution in [-0.2, 0) is 0 Å². The van der Waals surface area contributed by atoms with Crippen LogP contribution in [-0.4, -0.2) is 34.0 Å². The Bertz CT molecular complexity index is 760. The van der Waals surface area contributed by atoms with Crippen molar-refractivity contribution in [1.29, 1.82) is 0 Å². The number of benzene rings is 1. The van der Waals surface area contributed by atoms with Gasteiger partial charge in [0.25, 0.3) is 5.91 Å². The molecule has 2 heterocycles. The molecule has 1 aliphatic heterocycles. The number of carbonyl (C=O) groups excluding carboxylic acids is 1. The van der Waals surface area contributed by atoms with Gasteiger partial charge in [-0.3, -0.25) is 4.79 Å². The fourth-order valence-corrected chi connectivity index (χ4v) is 3.00. The van der Waals surface area contributed by atoms with Crippen LogP contribution < -0.4 is 0 Å². The zero-order chi connectivity index (χ0) is 16.0. The Kier molecular flexibility index (Phi) is 3.56. The van der Waals surface area contributed by atoms with Crippen molar-refractivity contribution in [2.24, 2.45) is 0 Å². The van der Waals surface area contributed by atoms with Crippen molar-refractivity contribution in [2.75, 3.05) is 13.1 Å². The Morgan fingerprint density at radius 1 is 1.30 bits per heavy atom. The first-order chi connectivity index (χ1) is 11.1. The lowest BCUT2D eigenvalue weighted by atomic mass is 10.1. The molecular weight excluding hydrogens is 321 g/mol. The highest BCUT2D eigenvalue weighted by Gasteiger charge is 2.34. The molecule has 5 nitrogen and oxygen atoms in total. The number of amides is 1. The Morgan fingerprint density at radius 3 is 2.87 bits per heavy atom. The highest BCUT2D eigenvalue weighted by molar-refractivity contribution is 6.30. The molecule has 0 spiro atoms. The zero-order valence-electron chi connectivity index (χ0n) is 12.3. The topological polar surface area (TPSA) is 59.2 Å². The predicted molar refractivity (Wildman–Crippen MR) is 80.9 cm³/mol. The second kappa shape index (κ2) is 5.60. The van der Waals surface area contributed by atoms with E-state index in [0.717, 1.165) is 25.1 Å². The SMILES string of the molecule is O=C(c1ccc(Cl)c(F)c1)N1CC[C@H](c2nc(C3CC3)no2)C1. The minimum Gasteiger partial charge on any atom is -0.339 e. The highest BCUT2D eigenvalue weighted by atomic mass is 35.5. The van der Waals surface area contributed by atoms with Gasteiger partial charge in [0.05, 0.1) is 10.9 Å². The zero-order valence-corrected chi connectivity index (χ0v) is 13.1. The molecular formula is C16H15ClFN3O2. The Hall–Kier alpha value is -1.95. The molecule has 1 atom stereocenters. The Morgan fingerprint density at radius 2 is 2.13 bits per heavy atom. The molecule has 2 fully saturated rings. The second-order valence-corrected chi connectivity index (χ2v) is 6.54. The maximum Gasteiger partial charge on any atom is 0.253 e. The summed E-state index contributed by atoms with van der Waals surface area (Å²) in [6.07, 6.45) is 3.01. The van der Waals surface area contributed by atoms with Crippen LogP contribution in [0.15, 0.2) is 22.7 Å². The molecule has 0 N–H and O–H groups in total. The van der Waals surface area contributed by atoms with Gasteiger partial charge in [0.15, 0.2) is 5.82 Å². The van der Waals surface area contributed by atoms with Gasteiger partial charge < -0.3 is 9.42 Å². The number of hydrogen-bond donors (Lipinski definition) is 0. The van der Waals surface area contributed by atoms with Crippen LogP contribution in [0.5, 0.6) is 0 Å². The molecule has 1 aromatic heterocycles. The first kappa shape index (κ1) is 14.6. The second-order valence-electron chi connectivity index (χ2n) is 6.13. The molecule has 7 heteroatoms. The molecule has 2 aliphatic rings. The lowest BCUT2D eigenvalue weighted by molar-refractivity contribution is 0.0789. The van der Waals surface area contributed by atoms with Crippen molar-refractivity contribution in [3.05, 3.63) is 46.3 Å². The number of rotatable bonds is 3. The molecule has 120 valence electrons. The van der Waals surface area contributed by atoms with Crippen molar-refractivity contribution < 1.29 is 13.7 Å². The van der Waals surface area contributed by atoms with Crippen LogP contribution in [0.25, 0.3) is 0 Å². The summed E-state index contributed by atoms with van der Waals surface area (Å²) < 4.78 is 18.9. The quantitative estimate of drug-likeness (QED) is 0.863. The molecule has 4 rings (SSSR count). The number of aromatic nitrogens is 2. The van der Waals surface area contributed by atoms with E-state index >= 15 is 0 Å². The first-order valence-electron chi connectivity index (χ1n) is 7.69. The van der Waals surface area contributed by atoms with Crippen molar-refractivity contribution in [1.82, 2.24) is 15.0 Å². The number of halogens is 2. The highest BCUT2D eigenvalue weighted by Crippen LogP contribution is 2.39. The fourth-order valence-electron chi connectivity index (χ4n) is 2.88. The van der Waals surface area contributed by atoms with E-state index < -0.39 is 5.82 Å². The average Bonchev–Trinajstić information content (AvgIpc) is 3.09. The van der Waals surface area contributed by atoms with E-state index in [9.17, 15) is 9.18 Å². The molecule has 23 heavy (non-hydrogen) atoms. The van der Waals surface area contributed by atoms with Gasteiger partial charge in [-0.25, -0.2) is 4.39 Å². The van der Waals surface area contributed by atoms with Gasteiger partial charge in [-0.15, -0.1) is 0 Å². The summed E-state index contributed by atoms with van der Waals surface area (Å²) in [5.41, 5.74) is 0.303. The van der Waals surface area contributed by atoms with E-state index in [1.54, 1.807) is 11.0 Å². The molecule has 1 saturated carbocycles. The molecule has 0 radical (unpaired) electrons. The summed E-state index contributed by atoms with van der Waals surface area (Å²) >= 11 is 5.65. The van der Waals surface area contributed by atoms with E-state index in [2.05, 4.69) is 10.1 Å². The summed E-state index contributed by atoms with van der Waals surface area (Å²) in [6.45, 7) is 1.10. The molecule has 0 unspecified atom stereocenters. The Labute approximate surface area is 137 Å². The van der Waals surface area contributed by atoms with Crippen LogP contribution in [0.2, 0.25) is 5.02 Å². The summed E-state index contributed by atoms with van der Waals surface area (Å²) in [5, 5.41) is 4.03. The molecule has 1 aromatic carbocycles. The third-order valence-electron chi connectivity index (χ3n) is 4.39. The smallest absolute Gasteiger partial charge is 0.253 e. The summed E-state index contributed by atoms with van der Waals surface area (Å²) in [4.78, 5) is 18.6. The molecule has 1 amide bonds. The van der Waals surface area contributed by atoms with Crippen molar-refractivity contribution in [3.8, 4) is 0 Å². The van der Waals surface area contributed by atoms with Crippen LogP contribution in [0, 0.1) is 5.82 Å². The third-order valence-corrected chi connectivity index (χ3v) is 4.70. The molecule has 1 saturated heterocycles. The minimum atomic E-state index is -0.584. The van der Waals surface area contributed by atoms with Gasteiger partial charge in [0.1, 0.15) is 5.82 Å². The van der Waals surface area contributed by atoms with Gasteiger partial charge in [-0.1, -0.05) is 16.8 Å². The fraction of sp³-hybridized carbons (Fsp3) is 0.438. The predicted octanol–water partition coefficient (Wildman–Crippen LogP) is 3.37. The number of nitrogens with zero attached hydrogens (tertiary/aromatic N) is 3. The summed E-state index contributed by atoms with van der Waals surface area (Å²) in [6, 6.07) is 4.12. The van der Waals surface area contributed by atoms with Crippen LogP contribution in [0.4, 0.5) is 4.39 Å². The lowest BCUT2D eigenvalue weighted by Crippen LogP contribution is -2.28. The van der Waals surface area contributed by atoms with Crippen molar-refractivity contribution in [3.63, 3.8) is 0 Å². The van der Waals surface area contributed by atoms with Gasteiger partial charge in [-0.2, -0.15) is 4.98 Å². The summed E-state index contributed by atoms with van der Waals surface area (Å²) in [7, 11) is 0. The lowest BCUT2D eigenvalue weighted by Gasteiger charge is -2.16. The summed E-state index contributed by atoms with van der Waals surface area (Å²) in [5.74, 6) is 1.10. The van der Waals surface area contributed by atoms with E-state index in [1.165, 1.54) is 12.1 Å². The van der Waals surface area contributed by atoms with Crippen LogP contribution in [0.3, 0.4) is 0 Å². The monoisotopic (exact) mass is 335 g/mol. The number of carbonyl (C=O) groups is 1. The Balaban J connectivity index is 1.46. The maximum atomic E-state index is 13.5. The van der Waals surface area contributed by atoms with Gasteiger partial charge in [0, 0.05) is 24.6 Å².